The summed E-state index contributed by atoms with van der Waals surface area (Å²) < 4.78 is 27.2. The van der Waals surface area contributed by atoms with E-state index in [2.05, 4.69) is 15.5 Å². The number of anilines is 1. The maximum atomic E-state index is 13.0. The lowest BCUT2D eigenvalue weighted by Crippen LogP contribution is -2.16. The molecule has 0 aliphatic heterocycles. The Morgan fingerprint density at radius 3 is 2.54 bits per heavy atom. The maximum absolute atomic E-state index is 13.0. The Morgan fingerprint density at radius 1 is 1.15 bits per heavy atom. The predicted octanol–water partition coefficient (Wildman–Crippen LogP) is 3.32. The number of halogens is 3. The van der Waals surface area contributed by atoms with Crippen molar-refractivity contribution in [3.8, 4) is 11.4 Å². The summed E-state index contributed by atoms with van der Waals surface area (Å²) in [5.41, 5.74) is 0.899. The van der Waals surface area contributed by atoms with E-state index in [1.54, 1.807) is 0 Å². The van der Waals surface area contributed by atoms with E-state index in [-0.39, 0.29) is 22.5 Å². The molecule has 134 valence electrons. The van der Waals surface area contributed by atoms with Gasteiger partial charge in [0.25, 0.3) is 0 Å². The Kier molecular flexibility index (Phi) is 5.38. The van der Waals surface area contributed by atoms with Crippen LogP contribution in [0.1, 0.15) is 0 Å². The molecule has 0 saturated heterocycles. The molecule has 1 heterocycles. The van der Waals surface area contributed by atoms with Crippen molar-refractivity contribution in [3.63, 3.8) is 0 Å². The van der Waals surface area contributed by atoms with E-state index in [9.17, 15) is 13.6 Å². The molecule has 0 atom stereocenters. The predicted molar refractivity (Wildman–Crippen MR) is 96.3 cm³/mol. The van der Waals surface area contributed by atoms with Gasteiger partial charge in [-0.1, -0.05) is 23.4 Å². The highest BCUT2D eigenvalue weighted by Gasteiger charge is 2.14. The Bertz CT molecular complexity index is 948. The zero-order chi connectivity index (χ0) is 18.7. The monoisotopic (exact) mass is 395 g/mol. The molecule has 3 rings (SSSR count). The Morgan fingerprint density at radius 2 is 1.85 bits per heavy atom. The van der Waals surface area contributed by atoms with Crippen molar-refractivity contribution >= 4 is 35.0 Å². The molecular weight excluding hydrogens is 384 g/mol. The van der Waals surface area contributed by atoms with Gasteiger partial charge >= 0.3 is 0 Å². The van der Waals surface area contributed by atoms with Crippen molar-refractivity contribution < 1.29 is 13.6 Å². The normalized spacial score (nSPS) is 10.7. The number of nitrogens with zero attached hydrogens (tertiary/aromatic N) is 3. The number of carbonyl (C=O) groups is 1. The summed E-state index contributed by atoms with van der Waals surface area (Å²) in [6, 6.07) is 9.31. The number of rotatable bonds is 5. The van der Waals surface area contributed by atoms with Crippen LogP contribution in [0.3, 0.4) is 0 Å². The average molecular weight is 396 g/mol. The van der Waals surface area contributed by atoms with E-state index in [0.717, 1.165) is 17.8 Å². The van der Waals surface area contributed by atoms with Crippen LogP contribution >= 0.6 is 23.4 Å². The Balaban J connectivity index is 1.64. The van der Waals surface area contributed by atoms with Gasteiger partial charge in [0.1, 0.15) is 11.6 Å². The zero-order valence-electron chi connectivity index (χ0n) is 13.1. The molecule has 0 fully saturated rings. The van der Waals surface area contributed by atoms with Crippen LogP contribution < -0.4 is 11.2 Å². The molecule has 0 aliphatic rings. The van der Waals surface area contributed by atoms with E-state index >= 15 is 0 Å². The number of amides is 1. The van der Waals surface area contributed by atoms with Crippen molar-refractivity contribution in [1.82, 2.24) is 14.9 Å². The van der Waals surface area contributed by atoms with Crippen LogP contribution in [0.15, 0.2) is 47.6 Å². The largest absolute Gasteiger partial charge is 0.335 e. The van der Waals surface area contributed by atoms with Crippen LogP contribution in [0.5, 0.6) is 0 Å². The van der Waals surface area contributed by atoms with E-state index < -0.39 is 5.82 Å². The highest BCUT2D eigenvalue weighted by molar-refractivity contribution is 7.99. The SMILES string of the molecule is Nn1c(SCC(=O)Nc2ccc(F)cc2Cl)nnc1-c1ccc(F)cc1. The zero-order valence-corrected chi connectivity index (χ0v) is 14.7. The van der Waals surface area contributed by atoms with Crippen LogP contribution in [-0.2, 0) is 4.79 Å². The number of carbonyl (C=O) groups excluding carboxylic acids is 1. The maximum Gasteiger partial charge on any atom is 0.234 e. The minimum absolute atomic E-state index is 0.00748. The van der Waals surface area contributed by atoms with Crippen molar-refractivity contribution in [1.29, 1.82) is 0 Å². The highest BCUT2D eigenvalue weighted by Crippen LogP contribution is 2.24. The molecule has 3 aromatic rings. The quantitative estimate of drug-likeness (QED) is 0.511. The lowest BCUT2D eigenvalue weighted by molar-refractivity contribution is -0.113. The number of benzene rings is 2. The number of nitrogens with one attached hydrogen (secondary N) is 1. The smallest absolute Gasteiger partial charge is 0.234 e. The van der Waals surface area contributed by atoms with E-state index in [4.69, 9.17) is 17.4 Å². The van der Waals surface area contributed by atoms with Gasteiger partial charge in [0.2, 0.25) is 11.1 Å². The topological polar surface area (TPSA) is 85.8 Å². The van der Waals surface area contributed by atoms with Gasteiger partial charge in [0.05, 0.1) is 16.5 Å². The fourth-order valence-corrected chi connectivity index (χ4v) is 2.95. The molecule has 6 nitrogen and oxygen atoms in total. The Hall–Kier alpha value is -2.65. The van der Waals surface area contributed by atoms with Gasteiger partial charge in [-0.15, -0.1) is 10.2 Å². The molecular formula is C16H12ClF2N5OS. The third-order valence-electron chi connectivity index (χ3n) is 3.30. The molecule has 1 aromatic heterocycles. The third kappa shape index (κ3) is 4.12. The summed E-state index contributed by atoms with van der Waals surface area (Å²) in [5, 5.41) is 10.9. The van der Waals surface area contributed by atoms with Gasteiger partial charge in [0, 0.05) is 5.56 Å². The molecule has 0 aliphatic carbocycles. The molecule has 3 N–H and O–H groups in total. The Labute approximate surface area is 156 Å². The molecule has 0 saturated carbocycles. The van der Waals surface area contributed by atoms with E-state index in [1.807, 2.05) is 0 Å². The van der Waals surface area contributed by atoms with Crippen molar-refractivity contribution in [2.45, 2.75) is 5.16 Å². The summed E-state index contributed by atoms with van der Waals surface area (Å²) in [7, 11) is 0. The summed E-state index contributed by atoms with van der Waals surface area (Å²) >= 11 is 6.93. The number of aromatic nitrogens is 3. The number of thioether (sulfide) groups is 1. The minimum Gasteiger partial charge on any atom is -0.335 e. The average Bonchev–Trinajstić information content (AvgIpc) is 2.97. The van der Waals surface area contributed by atoms with Crippen molar-refractivity contribution in [2.75, 3.05) is 16.9 Å². The van der Waals surface area contributed by atoms with Gasteiger partial charge in [-0.3, -0.25) is 4.79 Å². The van der Waals surface area contributed by atoms with Crippen LogP contribution in [-0.4, -0.2) is 26.5 Å². The second-order valence-electron chi connectivity index (χ2n) is 5.14. The molecule has 1 amide bonds. The molecule has 10 heteroatoms. The summed E-state index contributed by atoms with van der Waals surface area (Å²) in [6.45, 7) is 0. The second kappa shape index (κ2) is 7.71. The molecule has 0 radical (unpaired) electrons. The first-order chi connectivity index (χ1) is 12.4. The fourth-order valence-electron chi connectivity index (χ4n) is 2.08. The van der Waals surface area contributed by atoms with Crippen LogP contribution in [0.25, 0.3) is 11.4 Å². The minimum atomic E-state index is -0.494. The first-order valence-corrected chi connectivity index (χ1v) is 8.64. The first-order valence-electron chi connectivity index (χ1n) is 7.28. The highest BCUT2D eigenvalue weighted by atomic mass is 35.5. The lowest BCUT2D eigenvalue weighted by atomic mass is 10.2. The number of hydrogen-bond donors (Lipinski definition) is 2. The second-order valence-corrected chi connectivity index (χ2v) is 6.49. The van der Waals surface area contributed by atoms with E-state index in [1.165, 1.54) is 41.1 Å². The molecule has 0 spiro atoms. The van der Waals surface area contributed by atoms with Crippen molar-refractivity contribution in [2.24, 2.45) is 0 Å². The summed E-state index contributed by atoms with van der Waals surface area (Å²) in [5.74, 6) is 5.04. The molecule has 0 bridgehead atoms. The first kappa shape index (κ1) is 18.2. The number of nitrogens with two attached hydrogens (primary N) is 1. The summed E-state index contributed by atoms with van der Waals surface area (Å²) in [6.07, 6.45) is 0. The fraction of sp³-hybridized carbons (Fsp3) is 0.0625. The molecule has 2 aromatic carbocycles. The van der Waals surface area contributed by atoms with Gasteiger partial charge in [0.15, 0.2) is 5.82 Å². The molecule has 0 unspecified atom stereocenters. The van der Waals surface area contributed by atoms with Gasteiger partial charge in [-0.25, -0.2) is 13.5 Å². The van der Waals surface area contributed by atoms with Crippen LogP contribution in [0, 0.1) is 11.6 Å². The lowest BCUT2D eigenvalue weighted by Gasteiger charge is -2.07. The van der Waals surface area contributed by atoms with Gasteiger partial charge in [-0.05, 0) is 42.5 Å². The van der Waals surface area contributed by atoms with Crippen LogP contribution in [0.4, 0.5) is 14.5 Å². The summed E-state index contributed by atoms with van der Waals surface area (Å²) in [4.78, 5) is 12.0. The van der Waals surface area contributed by atoms with Gasteiger partial charge < -0.3 is 11.2 Å². The number of hydrogen-bond acceptors (Lipinski definition) is 5. The third-order valence-corrected chi connectivity index (χ3v) is 4.56. The van der Waals surface area contributed by atoms with E-state index in [0.29, 0.717) is 22.2 Å². The number of nitrogen functional groups attached to an aromatic ring is 1. The molecule has 26 heavy (non-hydrogen) atoms. The standard InChI is InChI=1S/C16H12ClF2N5OS/c17-12-7-11(19)5-6-13(12)21-14(25)8-26-16-23-22-15(24(16)20)9-1-3-10(18)4-2-9/h1-7H,8,20H2,(H,21,25). The van der Waals surface area contributed by atoms with Gasteiger partial charge in [-0.2, -0.15) is 0 Å². The van der Waals surface area contributed by atoms with Crippen molar-refractivity contribution in [3.05, 3.63) is 59.1 Å². The van der Waals surface area contributed by atoms with Crippen LogP contribution in [0.2, 0.25) is 5.02 Å².